The Morgan fingerprint density at radius 2 is 2.33 bits per heavy atom. The zero-order chi connectivity index (χ0) is 10.8. The average Bonchev–Trinajstić information content (AvgIpc) is 2.28. The van der Waals surface area contributed by atoms with E-state index in [0.29, 0.717) is 5.56 Å². The smallest absolute Gasteiger partial charge is 0.340 e. The molecule has 0 fully saturated rings. The highest BCUT2D eigenvalue weighted by molar-refractivity contribution is 8.00. The van der Waals surface area contributed by atoms with Crippen molar-refractivity contribution >= 4 is 17.7 Å². The molecule has 3 nitrogen and oxygen atoms in total. The van der Waals surface area contributed by atoms with Gasteiger partial charge in [0.2, 0.25) is 0 Å². The molecule has 1 aromatic rings. The van der Waals surface area contributed by atoms with Gasteiger partial charge in [0.25, 0.3) is 0 Å². The minimum atomic E-state index is -0.238. The van der Waals surface area contributed by atoms with Gasteiger partial charge in [0.15, 0.2) is 5.44 Å². The van der Waals surface area contributed by atoms with E-state index in [4.69, 9.17) is 9.47 Å². The van der Waals surface area contributed by atoms with E-state index in [1.807, 2.05) is 13.0 Å². The van der Waals surface area contributed by atoms with Crippen LogP contribution in [-0.4, -0.2) is 18.5 Å². The van der Waals surface area contributed by atoms with Gasteiger partial charge in [-0.1, -0.05) is 18.7 Å². The van der Waals surface area contributed by atoms with Gasteiger partial charge in [0, 0.05) is 4.90 Å². The summed E-state index contributed by atoms with van der Waals surface area (Å²) in [6.45, 7) is 2.00. The van der Waals surface area contributed by atoms with Crippen LogP contribution in [0.5, 0.6) is 5.75 Å². The Labute approximate surface area is 92.8 Å². The van der Waals surface area contributed by atoms with Crippen LogP contribution < -0.4 is 4.74 Å². The van der Waals surface area contributed by atoms with E-state index in [2.05, 4.69) is 0 Å². The van der Waals surface area contributed by atoms with E-state index in [0.717, 1.165) is 17.1 Å². The van der Waals surface area contributed by atoms with Crippen LogP contribution in [0.1, 0.15) is 23.7 Å². The zero-order valence-electron chi connectivity index (χ0n) is 8.65. The summed E-state index contributed by atoms with van der Waals surface area (Å²) in [6, 6.07) is 5.39. The van der Waals surface area contributed by atoms with Crippen LogP contribution in [0, 0.1) is 0 Å². The summed E-state index contributed by atoms with van der Waals surface area (Å²) in [5.74, 6) is 0.532. The number of benzene rings is 1. The Balaban J connectivity index is 2.37. The van der Waals surface area contributed by atoms with Gasteiger partial charge in [0.1, 0.15) is 5.75 Å². The topological polar surface area (TPSA) is 35.5 Å². The minimum Gasteiger partial charge on any atom is -0.497 e. The fourth-order valence-corrected chi connectivity index (χ4v) is 2.46. The molecular weight excluding hydrogens is 212 g/mol. The first-order valence-electron chi connectivity index (χ1n) is 4.80. The van der Waals surface area contributed by atoms with E-state index in [1.54, 1.807) is 31.0 Å². The van der Waals surface area contributed by atoms with Crippen molar-refractivity contribution < 1.29 is 14.3 Å². The van der Waals surface area contributed by atoms with Gasteiger partial charge in [-0.3, -0.25) is 0 Å². The maximum Gasteiger partial charge on any atom is 0.340 e. The van der Waals surface area contributed by atoms with Crippen molar-refractivity contribution in [1.29, 1.82) is 0 Å². The van der Waals surface area contributed by atoms with Crippen LogP contribution in [0.4, 0.5) is 0 Å². The van der Waals surface area contributed by atoms with Gasteiger partial charge in [-0.05, 0) is 24.6 Å². The lowest BCUT2D eigenvalue weighted by molar-refractivity contribution is 0.0437. The number of cyclic esters (lactones) is 1. The van der Waals surface area contributed by atoms with Gasteiger partial charge in [0.05, 0.1) is 12.7 Å². The predicted octanol–water partition coefficient (Wildman–Crippen LogP) is 2.69. The standard InChI is InChI=1S/C11H12O3S/c1-3-10-14-11(12)8-5-4-7(13-2)6-9(8)15-10/h4-6,10H,3H2,1-2H3. The molecule has 1 atom stereocenters. The van der Waals surface area contributed by atoms with Crippen molar-refractivity contribution in [3.05, 3.63) is 23.8 Å². The molecule has 0 N–H and O–H groups in total. The van der Waals surface area contributed by atoms with Crippen molar-refractivity contribution in [1.82, 2.24) is 0 Å². The quantitative estimate of drug-likeness (QED) is 0.723. The number of methoxy groups -OCH3 is 1. The second kappa shape index (κ2) is 4.14. The van der Waals surface area contributed by atoms with Gasteiger partial charge in [-0.15, -0.1) is 0 Å². The first-order valence-corrected chi connectivity index (χ1v) is 5.68. The van der Waals surface area contributed by atoms with E-state index >= 15 is 0 Å². The molecular formula is C11H12O3S. The number of esters is 1. The summed E-state index contributed by atoms with van der Waals surface area (Å²) in [5.41, 5.74) is 0.558. The first kappa shape index (κ1) is 10.4. The summed E-state index contributed by atoms with van der Waals surface area (Å²) in [5, 5.41) is 0. The third-order valence-electron chi connectivity index (χ3n) is 2.24. The van der Waals surface area contributed by atoms with Gasteiger partial charge in [-0.25, -0.2) is 4.79 Å². The molecule has 1 aliphatic heterocycles. The van der Waals surface area contributed by atoms with Crippen LogP contribution in [0.3, 0.4) is 0 Å². The number of carbonyl (C=O) groups excluding carboxylic acids is 1. The van der Waals surface area contributed by atoms with Crippen molar-refractivity contribution in [2.45, 2.75) is 23.7 Å². The zero-order valence-corrected chi connectivity index (χ0v) is 9.47. The molecule has 0 spiro atoms. The lowest BCUT2D eigenvalue weighted by atomic mass is 10.2. The lowest BCUT2D eigenvalue weighted by Crippen LogP contribution is -2.20. The van der Waals surface area contributed by atoms with Crippen molar-refractivity contribution in [2.24, 2.45) is 0 Å². The number of fused-ring (bicyclic) bond motifs is 1. The monoisotopic (exact) mass is 224 g/mol. The number of rotatable bonds is 2. The average molecular weight is 224 g/mol. The molecule has 1 unspecified atom stereocenters. The molecule has 15 heavy (non-hydrogen) atoms. The highest BCUT2D eigenvalue weighted by atomic mass is 32.2. The third-order valence-corrected chi connectivity index (χ3v) is 3.52. The van der Waals surface area contributed by atoms with E-state index in [1.165, 1.54) is 0 Å². The molecule has 0 aromatic heterocycles. The second-order valence-electron chi connectivity index (χ2n) is 3.22. The highest BCUT2D eigenvalue weighted by Crippen LogP contribution is 2.36. The normalized spacial score (nSPS) is 19.3. The molecule has 0 aliphatic carbocycles. The van der Waals surface area contributed by atoms with Gasteiger partial charge in [-0.2, -0.15) is 0 Å². The largest absolute Gasteiger partial charge is 0.497 e. The van der Waals surface area contributed by atoms with E-state index in [-0.39, 0.29) is 11.4 Å². The maximum atomic E-state index is 11.6. The number of carbonyl (C=O) groups is 1. The molecule has 1 heterocycles. The number of ether oxygens (including phenoxy) is 2. The second-order valence-corrected chi connectivity index (χ2v) is 4.42. The van der Waals surface area contributed by atoms with E-state index < -0.39 is 0 Å². The van der Waals surface area contributed by atoms with Crippen molar-refractivity contribution in [3.8, 4) is 5.75 Å². The minimum absolute atomic E-state index is 0.0721. The molecule has 0 saturated carbocycles. The van der Waals surface area contributed by atoms with Crippen LogP contribution in [0.2, 0.25) is 0 Å². The SMILES string of the molecule is CCC1OC(=O)c2ccc(OC)cc2S1. The molecule has 0 amide bonds. The molecule has 4 heteroatoms. The van der Waals surface area contributed by atoms with E-state index in [9.17, 15) is 4.79 Å². The highest BCUT2D eigenvalue weighted by Gasteiger charge is 2.26. The Kier molecular flexibility index (Phi) is 2.86. The number of hydrogen-bond acceptors (Lipinski definition) is 4. The van der Waals surface area contributed by atoms with Crippen molar-refractivity contribution in [3.63, 3.8) is 0 Å². The van der Waals surface area contributed by atoms with Crippen LogP contribution in [0.25, 0.3) is 0 Å². The maximum absolute atomic E-state index is 11.6. The number of thioether (sulfide) groups is 1. The summed E-state index contributed by atoms with van der Waals surface area (Å²) in [6.07, 6.45) is 0.813. The molecule has 0 bridgehead atoms. The fourth-order valence-electron chi connectivity index (χ4n) is 1.41. The van der Waals surface area contributed by atoms with Crippen molar-refractivity contribution in [2.75, 3.05) is 7.11 Å². The van der Waals surface area contributed by atoms with Gasteiger partial charge >= 0.3 is 5.97 Å². The number of hydrogen-bond donors (Lipinski definition) is 0. The summed E-state index contributed by atoms with van der Waals surface area (Å²) < 4.78 is 10.3. The third kappa shape index (κ3) is 1.95. The van der Waals surface area contributed by atoms with Crippen LogP contribution in [0.15, 0.2) is 23.1 Å². The molecule has 1 aliphatic rings. The lowest BCUT2D eigenvalue weighted by Gasteiger charge is -2.23. The van der Waals surface area contributed by atoms with Crippen LogP contribution in [-0.2, 0) is 4.74 Å². The predicted molar refractivity (Wildman–Crippen MR) is 58.3 cm³/mol. The Hall–Kier alpha value is -1.16. The Bertz CT molecular complexity index is 389. The molecule has 0 saturated heterocycles. The summed E-state index contributed by atoms with van der Waals surface area (Å²) in [4.78, 5) is 12.5. The summed E-state index contributed by atoms with van der Waals surface area (Å²) >= 11 is 1.57. The first-order chi connectivity index (χ1) is 7.24. The molecule has 80 valence electrons. The summed E-state index contributed by atoms with van der Waals surface area (Å²) in [7, 11) is 1.62. The molecule has 2 rings (SSSR count). The Morgan fingerprint density at radius 1 is 1.53 bits per heavy atom. The molecule has 1 aromatic carbocycles. The van der Waals surface area contributed by atoms with Gasteiger partial charge < -0.3 is 9.47 Å². The molecule has 0 radical (unpaired) electrons. The fraction of sp³-hybridized carbons (Fsp3) is 0.364. The van der Waals surface area contributed by atoms with Crippen LogP contribution >= 0.6 is 11.8 Å². The Morgan fingerprint density at radius 3 is 3.00 bits per heavy atom.